The molecule has 4 aromatic heterocycles. The summed E-state index contributed by atoms with van der Waals surface area (Å²) in [4.78, 5) is 15.6. The van der Waals surface area contributed by atoms with Gasteiger partial charge in [0.2, 0.25) is 5.95 Å². The number of aromatic nitrogens is 5. The third-order valence-corrected chi connectivity index (χ3v) is 10.2. The molecule has 232 valence electrons. The molecule has 0 N–H and O–H groups in total. The van der Waals surface area contributed by atoms with E-state index in [9.17, 15) is 0 Å². The van der Waals surface area contributed by atoms with E-state index < -0.39 is 0 Å². The van der Waals surface area contributed by atoms with Crippen LogP contribution in [0.3, 0.4) is 0 Å². The summed E-state index contributed by atoms with van der Waals surface area (Å²) in [6.45, 7) is 0. The highest BCUT2D eigenvalue weighted by atomic mass is 15.2. The first kappa shape index (κ1) is 27.1. The van der Waals surface area contributed by atoms with Gasteiger partial charge in [-0.1, -0.05) is 115 Å². The maximum Gasteiger partial charge on any atom is 0.235 e. The highest BCUT2D eigenvalue weighted by Crippen LogP contribution is 2.46. The third-order valence-electron chi connectivity index (χ3n) is 10.2. The second kappa shape index (κ2) is 10.3. The van der Waals surface area contributed by atoms with Crippen molar-refractivity contribution in [1.29, 1.82) is 0 Å². The number of nitrogens with zero attached hydrogens (tertiary/aromatic N) is 5. The Kier molecular flexibility index (Phi) is 5.60. The van der Waals surface area contributed by atoms with Gasteiger partial charge in [0, 0.05) is 56.0 Å². The largest absolute Gasteiger partial charge is 0.308 e. The molecule has 4 heterocycles. The monoisotopic (exact) mass is 637 g/mol. The molecule has 0 saturated carbocycles. The molecule has 0 bridgehead atoms. The molecule has 5 heteroatoms. The summed E-state index contributed by atoms with van der Waals surface area (Å²) >= 11 is 0. The Balaban J connectivity index is 1.40. The Hall–Kier alpha value is -6.85. The minimum atomic E-state index is 0.643. The van der Waals surface area contributed by atoms with Crippen LogP contribution in [0.25, 0.3) is 99.0 Å². The Morgan fingerprint density at radius 3 is 1.88 bits per heavy atom. The van der Waals surface area contributed by atoms with Crippen molar-refractivity contribution in [3.05, 3.63) is 164 Å². The van der Waals surface area contributed by atoms with E-state index in [1.165, 1.54) is 16.2 Å². The van der Waals surface area contributed by atoms with E-state index in [4.69, 9.17) is 9.97 Å². The SMILES string of the molecule is c1ccc(-c2nc(-n3c4ccccc4c4c5ccncc5c5c(c6ccccc6n5-c5ccccc5)c43)nc3ccc4ccccc4c23)cc1. The zero-order chi connectivity index (χ0) is 32.8. The number of para-hydroxylation sites is 3. The van der Waals surface area contributed by atoms with Crippen LogP contribution in [-0.4, -0.2) is 24.1 Å². The van der Waals surface area contributed by atoms with Crippen LogP contribution in [-0.2, 0) is 0 Å². The summed E-state index contributed by atoms with van der Waals surface area (Å²) in [6, 6.07) is 53.5. The molecular formula is C45H27N5. The van der Waals surface area contributed by atoms with Crippen molar-refractivity contribution in [3.63, 3.8) is 0 Å². The molecule has 0 amide bonds. The maximum atomic E-state index is 5.53. The van der Waals surface area contributed by atoms with Crippen LogP contribution in [0.1, 0.15) is 0 Å². The Morgan fingerprint density at radius 1 is 0.420 bits per heavy atom. The zero-order valence-corrected chi connectivity index (χ0v) is 26.8. The second-order valence-corrected chi connectivity index (χ2v) is 12.8. The van der Waals surface area contributed by atoms with Crippen LogP contribution in [0.15, 0.2) is 164 Å². The van der Waals surface area contributed by atoms with Gasteiger partial charge in [-0.15, -0.1) is 0 Å². The van der Waals surface area contributed by atoms with Gasteiger partial charge in [-0.05, 0) is 52.6 Å². The summed E-state index contributed by atoms with van der Waals surface area (Å²) in [5.74, 6) is 0.643. The molecule has 0 aliphatic heterocycles. The van der Waals surface area contributed by atoms with Gasteiger partial charge < -0.3 is 4.57 Å². The first-order valence-electron chi connectivity index (χ1n) is 16.9. The van der Waals surface area contributed by atoms with Crippen LogP contribution >= 0.6 is 0 Å². The van der Waals surface area contributed by atoms with Gasteiger partial charge in [-0.3, -0.25) is 9.55 Å². The molecule has 0 aliphatic rings. The van der Waals surface area contributed by atoms with Crippen molar-refractivity contribution in [2.75, 3.05) is 0 Å². The van der Waals surface area contributed by atoms with Crippen molar-refractivity contribution >= 4 is 76.1 Å². The van der Waals surface area contributed by atoms with Gasteiger partial charge in [-0.2, -0.15) is 0 Å². The highest BCUT2D eigenvalue weighted by Gasteiger charge is 2.26. The van der Waals surface area contributed by atoms with Gasteiger partial charge >= 0.3 is 0 Å². The molecule has 0 aliphatic carbocycles. The zero-order valence-electron chi connectivity index (χ0n) is 26.8. The Labute approximate surface area is 286 Å². The summed E-state index contributed by atoms with van der Waals surface area (Å²) in [7, 11) is 0. The fourth-order valence-electron chi connectivity index (χ4n) is 8.13. The summed E-state index contributed by atoms with van der Waals surface area (Å²) in [5, 5.41) is 10.3. The lowest BCUT2D eigenvalue weighted by Gasteiger charge is -2.14. The Bertz CT molecular complexity index is 3140. The van der Waals surface area contributed by atoms with Crippen LogP contribution in [0, 0.1) is 0 Å². The van der Waals surface area contributed by atoms with E-state index in [1.54, 1.807) is 0 Å². The van der Waals surface area contributed by atoms with E-state index in [2.05, 4.69) is 166 Å². The smallest absolute Gasteiger partial charge is 0.235 e. The average molecular weight is 638 g/mol. The number of rotatable bonds is 3. The average Bonchev–Trinajstić information content (AvgIpc) is 3.72. The van der Waals surface area contributed by atoms with E-state index >= 15 is 0 Å². The molecular weight excluding hydrogens is 611 g/mol. The fourth-order valence-corrected chi connectivity index (χ4v) is 8.13. The molecule has 0 unspecified atom stereocenters. The standard InChI is InChI=1S/C45H27N5/c1-3-14-29(15-4-1)42-40-31-18-8-7-13-28(31)23-24-36(40)47-45(48-42)50-38-22-12-9-19-33(38)39-32-25-26-46-27-35(32)43-41(44(39)50)34-20-10-11-21-37(34)49(43)30-16-5-2-6-17-30/h1-27H. The maximum absolute atomic E-state index is 5.53. The molecule has 0 radical (unpaired) electrons. The minimum Gasteiger partial charge on any atom is -0.308 e. The van der Waals surface area contributed by atoms with Crippen molar-refractivity contribution in [1.82, 2.24) is 24.1 Å². The van der Waals surface area contributed by atoms with Gasteiger partial charge in [0.1, 0.15) is 0 Å². The normalized spacial score (nSPS) is 12.0. The number of hydrogen-bond donors (Lipinski definition) is 0. The van der Waals surface area contributed by atoms with Crippen molar-refractivity contribution in [2.45, 2.75) is 0 Å². The molecule has 5 nitrogen and oxygen atoms in total. The molecule has 0 spiro atoms. The summed E-state index contributed by atoms with van der Waals surface area (Å²) < 4.78 is 4.69. The lowest BCUT2D eigenvalue weighted by atomic mass is 10.00. The molecule has 0 atom stereocenters. The van der Waals surface area contributed by atoms with Crippen LogP contribution in [0.2, 0.25) is 0 Å². The molecule has 0 fully saturated rings. The first-order chi connectivity index (χ1) is 24.8. The molecule has 11 rings (SSSR count). The van der Waals surface area contributed by atoms with Gasteiger partial charge in [0.15, 0.2) is 0 Å². The highest BCUT2D eigenvalue weighted by molar-refractivity contribution is 6.36. The van der Waals surface area contributed by atoms with Gasteiger partial charge in [0.05, 0.1) is 33.3 Å². The van der Waals surface area contributed by atoms with E-state index in [-0.39, 0.29) is 0 Å². The Morgan fingerprint density at radius 2 is 1.08 bits per heavy atom. The first-order valence-corrected chi connectivity index (χ1v) is 16.9. The molecule has 50 heavy (non-hydrogen) atoms. The van der Waals surface area contributed by atoms with E-state index in [0.29, 0.717) is 5.95 Å². The summed E-state index contributed by atoms with van der Waals surface area (Å²) in [5.41, 5.74) is 8.39. The van der Waals surface area contributed by atoms with Gasteiger partial charge in [0.25, 0.3) is 0 Å². The fraction of sp³-hybridized carbons (Fsp3) is 0. The molecule has 7 aromatic carbocycles. The van der Waals surface area contributed by atoms with Crippen LogP contribution in [0.4, 0.5) is 0 Å². The van der Waals surface area contributed by atoms with E-state index in [0.717, 1.165) is 76.8 Å². The minimum absolute atomic E-state index is 0.643. The van der Waals surface area contributed by atoms with Crippen molar-refractivity contribution < 1.29 is 0 Å². The predicted molar refractivity (Wildman–Crippen MR) is 206 cm³/mol. The number of pyridine rings is 1. The van der Waals surface area contributed by atoms with Crippen molar-refractivity contribution in [3.8, 4) is 22.9 Å². The quantitative estimate of drug-likeness (QED) is 0.181. The summed E-state index contributed by atoms with van der Waals surface area (Å²) in [6.07, 6.45) is 3.92. The molecule has 0 saturated heterocycles. The third kappa shape index (κ3) is 3.69. The number of fused-ring (bicyclic) bond motifs is 13. The second-order valence-electron chi connectivity index (χ2n) is 12.8. The number of benzene rings is 7. The van der Waals surface area contributed by atoms with Crippen LogP contribution in [0.5, 0.6) is 0 Å². The molecule has 11 aromatic rings. The topological polar surface area (TPSA) is 48.5 Å². The lowest BCUT2D eigenvalue weighted by Crippen LogP contribution is -2.04. The van der Waals surface area contributed by atoms with Gasteiger partial charge in [-0.25, -0.2) is 9.97 Å². The number of hydrogen-bond acceptors (Lipinski definition) is 3. The van der Waals surface area contributed by atoms with Crippen molar-refractivity contribution in [2.24, 2.45) is 0 Å². The van der Waals surface area contributed by atoms with Crippen LogP contribution < -0.4 is 0 Å². The van der Waals surface area contributed by atoms with E-state index in [1.807, 2.05) is 12.4 Å². The predicted octanol–water partition coefficient (Wildman–Crippen LogP) is 11.2. The lowest BCUT2D eigenvalue weighted by molar-refractivity contribution is 1.02.